The van der Waals surface area contributed by atoms with Gasteiger partial charge in [-0.2, -0.15) is 0 Å². The second-order valence-electron chi connectivity index (χ2n) is 6.40. The molecule has 3 amide bonds. The number of benzene rings is 2. The minimum absolute atomic E-state index is 0.192. The number of aromatic carboxylic acids is 1. The highest BCUT2D eigenvalue weighted by Gasteiger charge is 2.35. The molecule has 3 N–H and O–H groups in total. The number of nitrogens with zero attached hydrogens (tertiary/aromatic N) is 1. The van der Waals surface area contributed by atoms with E-state index in [1.165, 1.54) is 17.0 Å². The largest absolute Gasteiger partial charge is 0.478 e. The van der Waals surface area contributed by atoms with Gasteiger partial charge in [0.2, 0.25) is 5.91 Å². The first-order chi connectivity index (χ1) is 13.0. The molecule has 7 nitrogen and oxygen atoms in total. The van der Waals surface area contributed by atoms with Gasteiger partial charge in [0.25, 0.3) is 0 Å². The lowest BCUT2D eigenvalue weighted by Gasteiger charge is -2.35. The highest BCUT2D eigenvalue weighted by molar-refractivity contribution is 5.89. The number of piperazine rings is 1. The van der Waals surface area contributed by atoms with Crippen molar-refractivity contribution in [2.45, 2.75) is 19.5 Å². The quantitative estimate of drug-likeness (QED) is 0.770. The van der Waals surface area contributed by atoms with Crippen LogP contribution in [-0.2, 0) is 11.3 Å². The Morgan fingerprint density at radius 3 is 2.56 bits per heavy atom. The number of hydrogen-bond acceptors (Lipinski definition) is 3. The molecule has 1 aliphatic rings. The molecule has 140 valence electrons. The number of nitrogens with one attached hydrogen (secondary N) is 2. The van der Waals surface area contributed by atoms with Crippen LogP contribution in [0.5, 0.6) is 0 Å². The van der Waals surface area contributed by atoms with Crippen LogP contribution in [0.3, 0.4) is 0 Å². The van der Waals surface area contributed by atoms with Gasteiger partial charge in [-0.05, 0) is 35.7 Å². The number of carbonyl (C=O) groups is 3. The van der Waals surface area contributed by atoms with E-state index >= 15 is 0 Å². The molecule has 1 atom stereocenters. The van der Waals surface area contributed by atoms with Crippen molar-refractivity contribution in [2.24, 2.45) is 0 Å². The molecule has 1 heterocycles. The molecule has 27 heavy (non-hydrogen) atoms. The summed E-state index contributed by atoms with van der Waals surface area (Å²) in [6, 6.07) is 12.8. The van der Waals surface area contributed by atoms with Gasteiger partial charge >= 0.3 is 12.0 Å². The number of amides is 3. The summed E-state index contributed by atoms with van der Waals surface area (Å²) >= 11 is 0. The molecular weight excluding hydrogens is 346 g/mol. The summed E-state index contributed by atoms with van der Waals surface area (Å²) in [7, 11) is 0. The van der Waals surface area contributed by atoms with E-state index in [9.17, 15) is 14.4 Å². The van der Waals surface area contributed by atoms with Crippen molar-refractivity contribution >= 4 is 17.9 Å². The zero-order valence-electron chi connectivity index (χ0n) is 14.9. The summed E-state index contributed by atoms with van der Waals surface area (Å²) in [6.45, 7) is 2.98. The smallest absolute Gasteiger partial charge is 0.335 e. The third-order valence-electron chi connectivity index (χ3n) is 4.60. The Balaban J connectivity index is 1.72. The molecule has 1 saturated heterocycles. The van der Waals surface area contributed by atoms with Crippen molar-refractivity contribution < 1.29 is 19.5 Å². The van der Waals surface area contributed by atoms with Gasteiger partial charge in [0.15, 0.2) is 0 Å². The summed E-state index contributed by atoms with van der Waals surface area (Å²) < 4.78 is 0. The molecule has 3 rings (SSSR count). The van der Waals surface area contributed by atoms with Gasteiger partial charge in [-0.15, -0.1) is 0 Å². The normalized spacial score (nSPS) is 16.6. The third-order valence-corrected chi connectivity index (χ3v) is 4.60. The Labute approximate surface area is 157 Å². The number of hydrogen-bond donors (Lipinski definition) is 3. The molecule has 2 aromatic carbocycles. The van der Waals surface area contributed by atoms with Crippen LogP contribution >= 0.6 is 0 Å². The first kappa shape index (κ1) is 18.4. The van der Waals surface area contributed by atoms with Gasteiger partial charge in [0.1, 0.15) is 6.04 Å². The SMILES string of the molecule is Cc1ccccc1C1C(=O)NCCN1C(=O)NCc1ccc(C(=O)O)cc1. The molecule has 1 unspecified atom stereocenters. The predicted molar refractivity (Wildman–Crippen MR) is 99.3 cm³/mol. The summed E-state index contributed by atoms with van der Waals surface area (Å²) in [5, 5.41) is 14.6. The monoisotopic (exact) mass is 367 g/mol. The fourth-order valence-electron chi connectivity index (χ4n) is 3.13. The predicted octanol–water partition coefficient (Wildman–Crippen LogP) is 2.08. The lowest BCUT2D eigenvalue weighted by Crippen LogP contribution is -2.54. The van der Waals surface area contributed by atoms with Crippen molar-refractivity contribution in [3.05, 3.63) is 70.8 Å². The van der Waals surface area contributed by atoms with Gasteiger partial charge in [0.05, 0.1) is 5.56 Å². The molecular formula is C20H21N3O4. The van der Waals surface area contributed by atoms with Crippen LogP contribution < -0.4 is 10.6 Å². The van der Waals surface area contributed by atoms with E-state index in [0.717, 1.165) is 16.7 Å². The van der Waals surface area contributed by atoms with Crippen molar-refractivity contribution in [2.75, 3.05) is 13.1 Å². The van der Waals surface area contributed by atoms with Gasteiger partial charge < -0.3 is 20.6 Å². The van der Waals surface area contributed by atoms with E-state index in [1.807, 2.05) is 31.2 Å². The lowest BCUT2D eigenvalue weighted by atomic mass is 9.98. The number of carboxylic acid groups (broad SMARTS) is 1. The van der Waals surface area contributed by atoms with E-state index in [4.69, 9.17) is 5.11 Å². The van der Waals surface area contributed by atoms with Crippen molar-refractivity contribution in [1.82, 2.24) is 15.5 Å². The van der Waals surface area contributed by atoms with E-state index in [2.05, 4.69) is 10.6 Å². The fraction of sp³-hybridized carbons (Fsp3) is 0.250. The van der Waals surface area contributed by atoms with Crippen molar-refractivity contribution in [3.8, 4) is 0 Å². The Hall–Kier alpha value is -3.35. The zero-order valence-corrected chi connectivity index (χ0v) is 14.9. The van der Waals surface area contributed by atoms with Crippen molar-refractivity contribution in [1.29, 1.82) is 0 Å². The standard InChI is InChI=1S/C20H21N3O4/c1-13-4-2-3-5-16(13)17-18(24)21-10-11-23(17)20(27)22-12-14-6-8-15(9-7-14)19(25)26/h2-9,17H,10-12H2,1H3,(H,21,24)(H,22,27)(H,25,26). The van der Waals surface area contributed by atoms with E-state index < -0.39 is 12.0 Å². The molecule has 0 aliphatic carbocycles. The highest BCUT2D eigenvalue weighted by Crippen LogP contribution is 2.26. The summed E-state index contributed by atoms with van der Waals surface area (Å²) in [6.07, 6.45) is 0. The molecule has 0 aromatic heterocycles. The van der Waals surface area contributed by atoms with Gasteiger partial charge in [-0.3, -0.25) is 4.79 Å². The Morgan fingerprint density at radius 1 is 1.19 bits per heavy atom. The summed E-state index contributed by atoms with van der Waals surface area (Å²) in [5.41, 5.74) is 2.72. The molecule has 1 fully saturated rings. The maximum absolute atomic E-state index is 12.7. The lowest BCUT2D eigenvalue weighted by molar-refractivity contribution is -0.127. The van der Waals surface area contributed by atoms with Gasteiger partial charge in [-0.1, -0.05) is 36.4 Å². The van der Waals surface area contributed by atoms with Gasteiger partial charge in [-0.25, -0.2) is 9.59 Å². The maximum Gasteiger partial charge on any atom is 0.335 e. The summed E-state index contributed by atoms with van der Waals surface area (Å²) in [5.74, 6) is -1.19. The number of carbonyl (C=O) groups excluding carboxylic acids is 2. The topological polar surface area (TPSA) is 98.7 Å². The molecule has 2 aromatic rings. The minimum atomic E-state index is -0.994. The van der Waals surface area contributed by atoms with Crippen LogP contribution in [0, 0.1) is 6.92 Å². The van der Waals surface area contributed by atoms with E-state index in [0.29, 0.717) is 13.1 Å². The molecule has 1 aliphatic heterocycles. The zero-order chi connectivity index (χ0) is 19.4. The van der Waals surface area contributed by atoms with Gasteiger partial charge in [0, 0.05) is 19.6 Å². The second-order valence-corrected chi connectivity index (χ2v) is 6.40. The average Bonchev–Trinajstić information content (AvgIpc) is 2.67. The average molecular weight is 367 g/mol. The Kier molecular flexibility index (Phi) is 5.40. The van der Waals surface area contributed by atoms with E-state index in [-0.39, 0.29) is 24.0 Å². The second kappa shape index (κ2) is 7.90. The van der Waals surface area contributed by atoms with Crippen LogP contribution in [0.1, 0.15) is 33.1 Å². The van der Waals surface area contributed by atoms with E-state index in [1.54, 1.807) is 12.1 Å². The first-order valence-electron chi connectivity index (χ1n) is 8.67. The van der Waals surface area contributed by atoms with Crippen molar-refractivity contribution in [3.63, 3.8) is 0 Å². The molecule has 0 spiro atoms. The Morgan fingerprint density at radius 2 is 1.89 bits per heavy atom. The molecule has 0 saturated carbocycles. The maximum atomic E-state index is 12.7. The minimum Gasteiger partial charge on any atom is -0.478 e. The van der Waals surface area contributed by atoms with Crippen LogP contribution in [-0.4, -0.2) is 41.0 Å². The number of aryl methyl sites for hydroxylation is 1. The third kappa shape index (κ3) is 4.08. The molecule has 0 bridgehead atoms. The van der Waals surface area contributed by atoms with Crippen LogP contribution in [0.2, 0.25) is 0 Å². The molecule has 0 radical (unpaired) electrons. The number of carboxylic acids is 1. The fourth-order valence-corrected chi connectivity index (χ4v) is 3.13. The first-order valence-corrected chi connectivity index (χ1v) is 8.67. The highest BCUT2D eigenvalue weighted by atomic mass is 16.4. The van der Waals surface area contributed by atoms with Crippen LogP contribution in [0.4, 0.5) is 4.79 Å². The number of urea groups is 1. The Bertz CT molecular complexity index is 864. The van der Waals surface area contributed by atoms with Crippen LogP contribution in [0.25, 0.3) is 0 Å². The molecule has 7 heteroatoms. The number of rotatable bonds is 4. The summed E-state index contributed by atoms with van der Waals surface area (Å²) in [4.78, 5) is 37.6. The van der Waals surface area contributed by atoms with Crippen LogP contribution in [0.15, 0.2) is 48.5 Å².